The lowest BCUT2D eigenvalue weighted by molar-refractivity contribution is -0.141. The monoisotopic (exact) mass is 493 g/mol. The van der Waals surface area contributed by atoms with Crippen LogP contribution in [-0.2, 0) is 24.7 Å². The van der Waals surface area contributed by atoms with Gasteiger partial charge < -0.3 is 4.84 Å². The molecular formula is C19H13Cl3F3N3OS. The van der Waals surface area contributed by atoms with Crippen LogP contribution in [0.25, 0.3) is 0 Å². The van der Waals surface area contributed by atoms with Crippen molar-refractivity contribution in [1.29, 1.82) is 0 Å². The van der Waals surface area contributed by atoms with Crippen LogP contribution in [-0.4, -0.2) is 16.0 Å². The highest BCUT2D eigenvalue weighted by atomic mass is 35.5. The fourth-order valence-electron chi connectivity index (χ4n) is 2.42. The van der Waals surface area contributed by atoms with E-state index < -0.39 is 11.9 Å². The third-order valence-corrected chi connectivity index (χ3v) is 5.97. The molecule has 0 atom stereocenters. The molecule has 3 rings (SSSR count). The Morgan fingerprint density at radius 3 is 2.43 bits per heavy atom. The normalized spacial score (nSPS) is 12.0. The van der Waals surface area contributed by atoms with Crippen LogP contribution in [0.5, 0.6) is 0 Å². The highest BCUT2D eigenvalue weighted by Gasteiger charge is 2.38. The summed E-state index contributed by atoms with van der Waals surface area (Å²) >= 11 is 18.8. The van der Waals surface area contributed by atoms with Gasteiger partial charge in [0, 0.05) is 17.0 Å². The Bertz CT molecular complexity index is 1070. The average molecular weight is 495 g/mol. The van der Waals surface area contributed by atoms with Crippen LogP contribution in [0.3, 0.4) is 0 Å². The van der Waals surface area contributed by atoms with E-state index in [0.29, 0.717) is 25.5 Å². The Hall–Kier alpha value is -1.87. The maximum atomic E-state index is 13.5. The van der Waals surface area contributed by atoms with E-state index in [2.05, 4.69) is 10.3 Å². The first-order valence-electron chi connectivity index (χ1n) is 8.32. The van der Waals surface area contributed by atoms with Crippen molar-refractivity contribution in [1.82, 2.24) is 9.78 Å². The summed E-state index contributed by atoms with van der Waals surface area (Å²) in [7, 11) is 1.43. The second-order valence-corrected chi connectivity index (χ2v) is 8.31. The fraction of sp³-hybridized carbons (Fsp3) is 0.158. The van der Waals surface area contributed by atoms with Gasteiger partial charge in [-0.2, -0.15) is 18.3 Å². The van der Waals surface area contributed by atoms with Crippen LogP contribution < -0.4 is 0 Å². The fourth-order valence-corrected chi connectivity index (χ4v) is 3.79. The van der Waals surface area contributed by atoms with Gasteiger partial charge in [-0.05, 0) is 42.0 Å². The van der Waals surface area contributed by atoms with Crippen LogP contribution in [0.15, 0.2) is 57.5 Å². The first-order valence-corrected chi connectivity index (χ1v) is 10.3. The number of aromatic nitrogens is 2. The van der Waals surface area contributed by atoms with Gasteiger partial charge in [0.2, 0.25) is 0 Å². The van der Waals surface area contributed by atoms with Gasteiger partial charge in [0.25, 0.3) is 0 Å². The van der Waals surface area contributed by atoms with Gasteiger partial charge in [0.15, 0.2) is 5.69 Å². The summed E-state index contributed by atoms with van der Waals surface area (Å²) in [5.74, 6) is 0. The highest BCUT2D eigenvalue weighted by molar-refractivity contribution is 7.99. The molecule has 0 bridgehead atoms. The molecule has 11 heteroatoms. The number of rotatable bonds is 6. The maximum Gasteiger partial charge on any atom is 0.435 e. The lowest BCUT2D eigenvalue weighted by Gasteiger charge is -2.06. The quantitative estimate of drug-likeness (QED) is 0.271. The zero-order valence-electron chi connectivity index (χ0n) is 15.3. The summed E-state index contributed by atoms with van der Waals surface area (Å²) in [5, 5.41) is 8.84. The average Bonchev–Trinajstić information content (AvgIpc) is 2.99. The summed E-state index contributed by atoms with van der Waals surface area (Å²) in [4.78, 5) is 5.85. The molecule has 2 aromatic carbocycles. The topological polar surface area (TPSA) is 39.4 Å². The minimum atomic E-state index is -4.65. The Balaban J connectivity index is 1.84. The summed E-state index contributed by atoms with van der Waals surface area (Å²) < 4.78 is 41.5. The third-order valence-electron chi connectivity index (χ3n) is 3.80. The molecule has 0 amide bonds. The summed E-state index contributed by atoms with van der Waals surface area (Å²) in [6.45, 7) is 0.00859. The zero-order valence-corrected chi connectivity index (χ0v) is 18.3. The number of nitrogens with zero attached hydrogens (tertiary/aromatic N) is 3. The van der Waals surface area contributed by atoms with Crippen LogP contribution in [0, 0.1) is 0 Å². The number of alkyl halides is 3. The molecule has 158 valence electrons. The number of oxime groups is 1. The van der Waals surface area contributed by atoms with E-state index in [1.165, 1.54) is 7.05 Å². The van der Waals surface area contributed by atoms with Crippen LogP contribution in [0.1, 0.15) is 16.8 Å². The molecule has 0 fully saturated rings. The molecule has 0 saturated carbocycles. The molecular weight excluding hydrogens is 482 g/mol. The van der Waals surface area contributed by atoms with Crippen molar-refractivity contribution >= 4 is 52.8 Å². The van der Waals surface area contributed by atoms with Gasteiger partial charge >= 0.3 is 6.18 Å². The van der Waals surface area contributed by atoms with Crippen molar-refractivity contribution in [3.05, 3.63) is 74.4 Å². The molecule has 1 heterocycles. The van der Waals surface area contributed by atoms with Crippen molar-refractivity contribution in [3.8, 4) is 0 Å². The second-order valence-electron chi connectivity index (χ2n) is 6.00. The number of benzene rings is 2. The minimum absolute atomic E-state index is 0.00859. The minimum Gasteiger partial charge on any atom is -0.391 e. The van der Waals surface area contributed by atoms with E-state index in [9.17, 15) is 13.2 Å². The number of aryl methyl sites for hydroxylation is 1. The van der Waals surface area contributed by atoms with E-state index in [0.717, 1.165) is 22.7 Å². The maximum absolute atomic E-state index is 13.5. The highest BCUT2D eigenvalue weighted by Crippen LogP contribution is 2.37. The lowest BCUT2D eigenvalue weighted by Crippen LogP contribution is -2.09. The van der Waals surface area contributed by atoms with Gasteiger partial charge in [-0.3, -0.25) is 4.68 Å². The van der Waals surface area contributed by atoms with Crippen molar-refractivity contribution in [3.63, 3.8) is 0 Å². The smallest absolute Gasteiger partial charge is 0.391 e. The molecule has 1 aromatic heterocycles. The number of halogens is 6. The molecule has 0 spiro atoms. The Labute approximate surface area is 189 Å². The van der Waals surface area contributed by atoms with Crippen LogP contribution >= 0.6 is 46.6 Å². The van der Waals surface area contributed by atoms with Gasteiger partial charge in [0.1, 0.15) is 11.6 Å². The van der Waals surface area contributed by atoms with E-state index in [-0.39, 0.29) is 17.2 Å². The summed E-state index contributed by atoms with van der Waals surface area (Å²) in [6, 6.07) is 11.6. The van der Waals surface area contributed by atoms with Crippen molar-refractivity contribution in [2.24, 2.45) is 12.2 Å². The van der Waals surface area contributed by atoms with E-state index in [1.807, 2.05) is 0 Å². The van der Waals surface area contributed by atoms with E-state index >= 15 is 0 Å². The van der Waals surface area contributed by atoms with Crippen molar-refractivity contribution in [2.45, 2.75) is 22.7 Å². The molecule has 3 aromatic rings. The molecule has 30 heavy (non-hydrogen) atoms. The number of hydrogen-bond donors (Lipinski definition) is 0. The van der Waals surface area contributed by atoms with E-state index in [1.54, 1.807) is 42.5 Å². The number of hydrogen-bond acceptors (Lipinski definition) is 4. The molecule has 0 saturated heterocycles. The molecule has 0 aliphatic carbocycles. The van der Waals surface area contributed by atoms with Crippen molar-refractivity contribution < 1.29 is 18.0 Å². The molecule has 0 N–H and O–H groups in total. The molecule has 0 aliphatic heterocycles. The molecule has 4 nitrogen and oxygen atoms in total. The standard InChI is InChI=1S/C19H13Cl3F3N3OS/c1-28-18(30-13-5-3-12(20)4-6-13)14(17(27-28)19(23,24)25)9-26-29-10-11-2-7-15(21)16(22)8-11/h2-9H,10H2,1H3. The Morgan fingerprint density at radius 2 is 1.80 bits per heavy atom. The van der Waals surface area contributed by atoms with Gasteiger partial charge in [0.05, 0.1) is 21.8 Å². The summed E-state index contributed by atoms with van der Waals surface area (Å²) in [6.07, 6.45) is -3.65. The van der Waals surface area contributed by atoms with E-state index in [4.69, 9.17) is 39.6 Å². The van der Waals surface area contributed by atoms with Crippen LogP contribution in [0.2, 0.25) is 15.1 Å². The SMILES string of the molecule is Cn1nc(C(F)(F)F)c(C=NOCc2ccc(Cl)c(Cl)c2)c1Sc1ccc(Cl)cc1. The van der Waals surface area contributed by atoms with Gasteiger partial charge in [-0.1, -0.05) is 57.8 Å². The Morgan fingerprint density at radius 1 is 1.10 bits per heavy atom. The predicted molar refractivity (Wildman–Crippen MR) is 113 cm³/mol. The first kappa shape index (κ1) is 22.8. The Kier molecular flexibility index (Phi) is 7.23. The molecule has 0 unspecified atom stereocenters. The first-order chi connectivity index (χ1) is 14.1. The van der Waals surface area contributed by atoms with Gasteiger partial charge in [-0.15, -0.1) is 0 Å². The third kappa shape index (κ3) is 5.63. The largest absolute Gasteiger partial charge is 0.435 e. The van der Waals surface area contributed by atoms with Crippen molar-refractivity contribution in [2.75, 3.05) is 0 Å². The summed E-state index contributed by atoms with van der Waals surface area (Å²) in [5.41, 5.74) is -0.581. The molecule has 0 radical (unpaired) electrons. The second kappa shape index (κ2) is 9.51. The lowest BCUT2D eigenvalue weighted by atomic mass is 10.2. The van der Waals surface area contributed by atoms with Gasteiger partial charge in [-0.25, -0.2) is 0 Å². The predicted octanol–water partition coefficient (Wildman–Crippen LogP) is 7.10. The zero-order chi connectivity index (χ0) is 21.9. The van der Waals surface area contributed by atoms with Crippen LogP contribution in [0.4, 0.5) is 13.2 Å². The molecule has 0 aliphatic rings.